The molecular weight excluding hydrogens is 298 g/mol. The van der Waals surface area contributed by atoms with Gasteiger partial charge in [0.25, 0.3) is 0 Å². The summed E-state index contributed by atoms with van der Waals surface area (Å²) in [4.78, 5) is 0. The summed E-state index contributed by atoms with van der Waals surface area (Å²) in [5.41, 5.74) is 1.63. The lowest BCUT2D eigenvalue weighted by Crippen LogP contribution is -1.99. The van der Waals surface area contributed by atoms with Gasteiger partial charge in [-0.3, -0.25) is 0 Å². The van der Waals surface area contributed by atoms with Crippen molar-refractivity contribution < 1.29 is 18.3 Å². The summed E-state index contributed by atoms with van der Waals surface area (Å²) < 4.78 is 38.2. The Hall–Kier alpha value is -2.36. The van der Waals surface area contributed by atoms with Crippen molar-refractivity contribution in [1.82, 2.24) is 0 Å². The maximum Gasteiger partial charge on any atom is 0.133 e. The van der Waals surface area contributed by atoms with Gasteiger partial charge in [-0.05, 0) is 41.8 Å². The molecule has 0 unspecified atom stereocenters. The topological polar surface area (TPSA) is 18.5 Å². The molecule has 0 radical (unpaired) electrons. The smallest absolute Gasteiger partial charge is 0.133 e. The molecule has 0 aliphatic carbocycles. The zero-order valence-electron chi connectivity index (χ0n) is 13.7. The van der Waals surface area contributed by atoms with E-state index in [1.54, 1.807) is 20.3 Å². The van der Waals surface area contributed by atoms with Gasteiger partial charge in [0.2, 0.25) is 0 Å². The summed E-state index contributed by atoms with van der Waals surface area (Å²) in [5, 5.41) is 0. The predicted molar refractivity (Wildman–Crippen MR) is 88.9 cm³/mol. The second-order valence-corrected chi connectivity index (χ2v) is 5.46. The number of ether oxygens (including phenoxy) is 2. The average Bonchev–Trinajstić information content (AvgIpc) is 2.53. The molecule has 2 aromatic carbocycles. The van der Waals surface area contributed by atoms with Crippen molar-refractivity contribution in [3.8, 4) is 11.5 Å². The molecule has 2 rings (SSSR count). The zero-order chi connectivity index (χ0) is 17.0. The molecular formula is C19H20F2O2. The summed E-state index contributed by atoms with van der Waals surface area (Å²) in [6.07, 6.45) is 3.05. The monoisotopic (exact) mass is 318 g/mol. The van der Waals surface area contributed by atoms with Crippen LogP contribution in [0, 0.1) is 11.6 Å². The Morgan fingerprint density at radius 1 is 0.913 bits per heavy atom. The van der Waals surface area contributed by atoms with Gasteiger partial charge in [-0.2, -0.15) is 0 Å². The number of hydrogen-bond acceptors (Lipinski definition) is 2. The molecule has 23 heavy (non-hydrogen) atoms. The second kappa shape index (κ2) is 7.27. The fourth-order valence-electron chi connectivity index (χ4n) is 2.47. The molecule has 2 aromatic rings. The maximum absolute atomic E-state index is 13.7. The van der Waals surface area contributed by atoms with Crippen molar-refractivity contribution in [1.29, 1.82) is 0 Å². The Bertz CT molecular complexity index is 676. The minimum atomic E-state index is -0.598. The van der Waals surface area contributed by atoms with Gasteiger partial charge in [0, 0.05) is 11.1 Å². The van der Waals surface area contributed by atoms with Crippen molar-refractivity contribution in [2.45, 2.75) is 19.8 Å². The van der Waals surface area contributed by atoms with Gasteiger partial charge >= 0.3 is 0 Å². The van der Waals surface area contributed by atoms with Gasteiger partial charge in [-0.15, -0.1) is 0 Å². The highest BCUT2D eigenvalue weighted by Crippen LogP contribution is 2.36. The molecule has 0 saturated heterocycles. The first kappa shape index (κ1) is 17.0. The van der Waals surface area contributed by atoms with E-state index in [0.29, 0.717) is 11.5 Å². The average molecular weight is 318 g/mol. The molecule has 0 atom stereocenters. The minimum Gasteiger partial charge on any atom is -0.496 e. The van der Waals surface area contributed by atoms with E-state index in [9.17, 15) is 8.78 Å². The standard InChI is InChI=1S/C19H20F2O2/c1-12(2)19-17(22-3)10-13(11-18(19)23-4)8-9-14-15(20)6-5-7-16(14)21/h5-12H,1-4H3. The molecule has 122 valence electrons. The minimum absolute atomic E-state index is 0.0710. The van der Waals surface area contributed by atoms with E-state index in [1.165, 1.54) is 24.3 Å². The van der Waals surface area contributed by atoms with Gasteiger partial charge in [0.15, 0.2) is 0 Å². The van der Waals surface area contributed by atoms with Crippen LogP contribution < -0.4 is 9.47 Å². The summed E-state index contributed by atoms with van der Waals surface area (Å²) in [5.74, 6) is 0.404. The highest BCUT2D eigenvalue weighted by atomic mass is 19.1. The molecule has 0 bridgehead atoms. The SMILES string of the molecule is COc1cc(C=Cc2c(F)cccc2F)cc(OC)c1C(C)C. The van der Waals surface area contributed by atoms with Crippen molar-refractivity contribution in [3.63, 3.8) is 0 Å². The number of hydrogen-bond donors (Lipinski definition) is 0. The molecule has 0 aliphatic heterocycles. The predicted octanol–water partition coefficient (Wildman–Crippen LogP) is 5.28. The molecule has 4 heteroatoms. The van der Waals surface area contributed by atoms with Crippen LogP contribution in [0.3, 0.4) is 0 Å². The Morgan fingerprint density at radius 3 is 1.87 bits per heavy atom. The summed E-state index contributed by atoms with van der Waals surface area (Å²) >= 11 is 0. The lowest BCUT2D eigenvalue weighted by molar-refractivity contribution is 0.382. The van der Waals surface area contributed by atoms with E-state index in [-0.39, 0.29) is 11.5 Å². The van der Waals surface area contributed by atoms with Gasteiger partial charge in [-0.25, -0.2) is 8.78 Å². The summed E-state index contributed by atoms with van der Waals surface area (Å²) in [7, 11) is 3.18. The Kier molecular flexibility index (Phi) is 5.37. The second-order valence-electron chi connectivity index (χ2n) is 5.46. The molecule has 0 fully saturated rings. The Labute approximate surface area is 135 Å². The largest absolute Gasteiger partial charge is 0.496 e. The van der Waals surface area contributed by atoms with Crippen LogP contribution in [-0.4, -0.2) is 14.2 Å². The van der Waals surface area contributed by atoms with E-state index in [2.05, 4.69) is 0 Å². The Morgan fingerprint density at radius 2 is 1.43 bits per heavy atom. The third-order valence-electron chi connectivity index (χ3n) is 3.59. The fraction of sp³-hybridized carbons (Fsp3) is 0.263. The Balaban J connectivity index is 2.46. The normalized spacial score (nSPS) is 11.3. The van der Waals surface area contributed by atoms with Crippen LogP contribution in [0.4, 0.5) is 8.78 Å². The van der Waals surface area contributed by atoms with Crippen LogP contribution in [0.15, 0.2) is 30.3 Å². The maximum atomic E-state index is 13.7. The van der Waals surface area contributed by atoms with Crippen LogP contribution in [0.25, 0.3) is 12.2 Å². The molecule has 0 saturated carbocycles. The van der Waals surface area contributed by atoms with Gasteiger partial charge < -0.3 is 9.47 Å². The van der Waals surface area contributed by atoms with Gasteiger partial charge in [-0.1, -0.05) is 26.0 Å². The third-order valence-corrected chi connectivity index (χ3v) is 3.59. The van der Waals surface area contributed by atoms with Crippen LogP contribution in [-0.2, 0) is 0 Å². The van der Waals surface area contributed by atoms with Crippen molar-refractivity contribution in [2.24, 2.45) is 0 Å². The van der Waals surface area contributed by atoms with E-state index >= 15 is 0 Å². The summed E-state index contributed by atoms with van der Waals surface area (Å²) in [6.45, 7) is 4.09. The molecule has 0 aliphatic rings. The lowest BCUT2D eigenvalue weighted by Gasteiger charge is -2.17. The lowest BCUT2D eigenvalue weighted by atomic mass is 9.98. The highest BCUT2D eigenvalue weighted by Gasteiger charge is 2.15. The number of halogens is 2. The first-order valence-corrected chi connectivity index (χ1v) is 7.36. The first-order valence-electron chi connectivity index (χ1n) is 7.36. The van der Waals surface area contributed by atoms with Crippen LogP contribution in [0.5, 0.6) is 11.5 Å². The molecule has 0 aromatic heterocycles. The first-order chi connectivity index (χ1) is 11.0. The van der Waals surface area contributed by atoms with E-state index in [4.69, 9.17) is 9.47 Å². The molecule has 0 spiro atoms. The molecule has 2 nitrogen and oxygen atoms in total. The number of methoxy groups -OCH3 is 2. The number of rotatable bonds is 5. The molecule has 0 heterocycles. The van der Waals surface area contributed by atoms with E-state index in [0.717, 1.165) is 11.1 Å². The third kappa shape index (κ3) is 3.70. The van der Waals surface area contributed by atoms with Crippen molar-refractivity contribution in [2.75, 3.05) is 14.2 Å². The summed E-state index contributed by atoms with van der Waals surface area (Å²) in [6, 6.07) is 7.45. The highest BCUT2D eigenvalue weighted by molar-refractivity contribution is 5.72. The van der Waals surface area contributed by atoms with Crippen LogP contribution >= 0.6 is 0 Å². The molecule has 0 amide bonds. The number of benzene rings is 2. The van der Waals surface area contributed by atoms with Crippen LogP contribution in [0.2, 0.25) is 0 Å². The molecule has 0 N–H and O–H groups in total. The van der Waals surface area contributed by atoms with Gasteiger partial charge in [0.1, 0.15) is 23.1 Å². The van der Waals surface area contributed by atoms with Crippen molar-refractivity contribution >= 4 is 12.2 Å². The van der Waals surface area contributed by atoms with E-state index < -0.39 is 11.6 Å². The van der Waals surface area contributed by atoms with Gasteiger partial charge in [0.05, 0.1) is 14.2 Å². The fourth-order valence-corrected chi connectivity index (χ4v) is 2.47. The van der Waals surface area contributed by atoms with Crippen LogP contribution in [0.1, 0.15) is 36.5 Å². The zero-order valence-corrected chi connectivity index (χ0v) is 13.7. The van der Waals surface area contributed by atoms with Crippen molar-refractivity contribution in [3.05, 3.63) is 58.7 Å². The van der Waals surface area contributed by atoms with E-state index in [1.807, 2.05) is 26.0 Å². The quantitative estimate of drug-likeness (QED) is 0.699.